The standard InChI is InChI=1S/C12H18N2O/c1-4-14-8-12(2,3)15-11-7-9(13)5-6-10(11)14/h5-7H,4,8,13H2,1-3H3. The van der Waals surface area contributed by atoms with Crippen LogP contribution in [0.15, 0.2) is 18.2 Å². The summed E-state index contributed by atoms with van der Waals surface area (Å²) in [5, 5.41) is 0. The van der Waals surface area contributed by atoms with E-state index in [1.54, 1.807) is 0 Å². The first kappa shape index (κ1) is 10.1. The van der Waals surface area contributed by atoms with E-state index < -0.39 is 0 Å². The SMILES string of the molecule is CCN1CC(C)(C)Oc2cc(N)ccc21. The molecule has 1 aromatic rings. The molecule has 0 fully saturated rings. The molecule has 15 heavy (non-hydrogen) atoms. The smallest absolute Gasteiger partial charge is 0.145 e. The van der Waals surface area contributed by atoms with Crippen LogP contribution in [-0.4, -0.2) is 18.7 Å². The van der Waals surface area contributed by atoms with E-state index in [-0.39, 0.29) is 5.60 Å². The number of anilines is 2. The van der Waals surface area contributed by atoms with Gasteiger partial charge in [0, 0.05) is 18.3 Å². The number of hydrogen-bond donors (Lipinski definition) is 1. The topological polar surface area (TPSA) is 38.5 Å². The second-order valence-electron chi connectivity index (χ2n) is 4.60. The van der Waals surface area contributed by atoms with Crippen LogP contribution in [0.1, 0.15) is 20.8 Å². The van der Waals surface area contributed by atoms with Gasteiger partial charge in [-0.25, -0.2) is 0 Å². The van der Waals surface area contributed by atoms with Crippen molar-refractivity contribution in [3.05, 3.63) is 18.2 Å². The number of benzene rings is 1. The lowest BCUT2D eigenvalue weighted by molar-refractivity contribution is 0.105. The van der Waals surface area contributed by atoms with E-state index in [2.05, 4.69) is 25.7 Å². The van der Waals surface area contributed by atoms with Gasteiger partial charge in [0.25, 0.3) is 0 Å². The number of fused-ring (bicyclic) bond motifs is 1. The fraction of sp³-hybridized carbons (Fsp3) is 0.500. The third-order valence-corrected chi connectivity index (χ3v) is 2.66. The van der Waals surface area contributed by atoms with Crippen molar-refractivity contribution in [2.75, 3.05) is 23.7 Å². The molecule has 0 bridgehead atoms. The van der Waals surface area contributed by atoms with E-state index in [4.69, 9.17) is 10.5 Å². The molecule has 2 N–H and O–H groups in total. The summed E-state index contributed by atoms with van der Waals surface area (Å²) in [6.45, 7) is 8.26. The summed E-state index contributed by atoms with van der Waals surface area (Å²) in [4.78, 5) is 2.32. The first-order chi connectivity index (χ1) is 7.02. The molecule has 3 nitrogen and oxygen atoms in total. The van der Waals surface area contributed by atoms with Crippen molar-refractivity contribution in [1.82, 2.24) is 0 Å². The zero-order chi connectivity index (χ0) is 11.1. The zero-order valence-electron chi connectivity index (χ0n) is 9.58. The predicted octanol–water partition coefficient (Wildman–Crippen LogP) is 2.27. The van der Waals surface area contributed by atoms with Crippen LogP contribution < -0.4 is 15.4 Å². The summed E-state index contributed by atoms with van der Waals surface area (Å²) >= 11 is 0. The average Bonchev–Trinajstić information content (AvgIpc) is 2.14. The summed E-state index contributed by atoms with van der Waals surface area (Å²) in [6, 6.07) is 5.85. The maximum Gasteiger partial charge on any atom is 0.145 e. The lowest BCUT2D eigenvalue weighted by atomic mass is 10.1. The first-order valence-electron chi connectivity index (χ1n) is 5.35. The molecular formula is C12H18N2O. The molecule has 0 aliphatic carbocycles. The maximum absolute atomic E-state index is 5.91. The van der Waals surface area contributed by atoms with E-state index in [0.29, 0.717) is 0 Å². The van der Waals surface area contributed by atoms with Gasteiger partial charge < -0.3 is 15.4 Å². The number of ether oxygens (including phenoxy) is 1. The van der Waals surface area contributed by atoms with Gasteiger partial charge in [-0.2, -0.15) is 0 Å². The van der Waals surface area contributed by atoms with E-state index in [9.17, 15) is 0 Å². The minimum atomic E-state index is -0.142. The molecule has 82 valence electrons. The Bertz CT molecular complexity index is 374. The quantitative estimate of drug-likeness (QED) is 0.716. The number of nitrogen functional groups attached to an aromatic ring is 1. The van der Waals surface area contributed by atoms with Gasteiger partial charge in [-0.15, -0.1) is 0 Å². The van der Waals surface area contributed by atoms with Gasteiger partial charge in [-0.1, -0.05) is 0 Å². The van der Waals surface area contributed by atoms with Gasteiger partial charge in [-0.3, -0.25) is 0 Å². The molecule has 0 aromatic heterocycles. The summed E-state index contributed by atoms with van der Waals surface area (Å²) in [5.74, 6) is 0.896. The van der Waals surface area contributed by atoms with Crippen LogP contribution in [0, 0.1) is 0 Å². The predicted molar refractivity (Wildman–Crippen MR) is 63.4 cm³/mol. The summed E-state index contributed by atoms with van der Waals surface area (Å²) in [5.41, 5.74) is 7.51. The highest BCUT2D eigenvalue weighted by molar-refractivity contribution is 5.65. The van der Waals surface area contributed by atoms with Gasteiger partial charge >= 0.3 is 0 Å². The third-order valence-electron chi connectivity index (χ3n) is 2.66. The van der Waals surface area contributed by atoms with Crippen LogP contribution in [0.25, 0.3) is 0 Å². The molecule has 3 heteroatoms. The second-order valence-corrected chi connectivity index (χ2v) is 4.60. The van der Waals surface area contributed by atoms with Crippen LogP contribution in [0.4, 0.5) is 11.4 Å². The van der Waals surface area contributed by atoms with Crippen LogP contribution >= 0.6 is 0 Å². The van der Waals surface area contributed by atoms with E-state index >= 15 is 0 Å². The summed E-state index contributed by atoms with van der Waals surface area (Å²) in [6.07, 6.45) is 0. The van der Waals surface area contributed by atoms with Crippen LogP contribution in [0.2, 0.25) is 0 Å². The molecule has 0 radical (unpaired) electrons. The number of likely N-dealkylation sites (N-methyl/N-ethyl adjacent to an activating group) is 1. The molecule has 2 rings (SSSR count). The van der Waals surface area contributed by atoms with Crippen molar-refractivity contribution in [3.63, 3.8) is 0 Å². The van der Waals surface area contributed by atoms with E-state index in [1.165, 1.54) is 0 Å². The Morgan fingerprint density at radius 2 is 2.20 bits per heavy atom. The lowest BCUT2D eigenvalue weighted by Crippen LogP contribution is -2.46. The highest BCUT2D eigenvalue weighted by Gasteiger charge is 2.30. The largest absolute Gasteiger partial charge is 0.484 e. The van der Waals surface area contributed by atoms with Gasteiger partial charge in [0.1, 0.15) is 11.4 Å². The number of nitrogens with two attached hydrogens (primary N) is 1. The first-order valence-corrected chi connectivity index (χ1v) is 5.35. The zero-order valence-corrected chi connectivity index (χ0v) is 9.58. The minimum Gasteiger partial charge on any atom is -0.484 e. The molecule has 0 amide bonds. The normalized spacial score (nSPS) is 18.2. The van der Waals surface area contributed by atoms with E-state index in [0.717, 1.165) is 30.2 Å². The molecule has 0 spiro atoms. The van der Waals surface area contributed by atoms with Crippen molar-refractivity contribution in [2.24, 2.45) is 0 Å². The Labute approximate surface area is 90.8 Å². The second kappa shape index (κ2) is 3.33. The Hall–Kier alpha value is -1.38. The fourth-order valence-electron chi connectivity index (χ4n) is 2.03. The third kappa shape index (κ3) is 1.87. The van der Waals surface area contributed by atoms with Gasteiger partial charge in [0.2, 0.25) is 0 Å². The van der Waals surface area contributed by atoms with Gasteiger partial charge in [0.15, 0.2) is 0 Å². The molecule has 1 aliphatic rings. The Morgan fingerprint density at radius 3 is 2.87 bits per heavy atom. The van der Waals surface area contributed by atoms with Gasteiger partial charge in [0.05, 0.1) is 12.2 Å². The molecule has 0 saturated heterocycles. The molecular weight excluding hydrogens is 188 g/mol. The van der Waals surface area contributed by atoms with Crippen molar-refractivity contribution in [3.8, 4) is 5.75 Å². The lowest BCUT2D eigenvalue weighted by Gasteiger charge is -2.40. The number of nitrogens with zero attached hydrogens (tertiary/aromatic N) is 1. The fourth-order valence-corrected chi connectivity index (χ4v) is 2.03. The monoisotopic (exact) mass is 206 g/mol. The molecule has 1 aromatic carbocycles. The van der Waals surface area contributed by atoms with Crippen molar-refractivity contribution >= 4 is 11.4 Å². The molecule has 1 heterocycles. The maximum atomic E-state index is 5.91. The highest BCUT2D eigenvalue weighted by atomic mass is 16.5. The number of hydrogen-bond acceptors (Lipinski definition) is 3. The Balaban J connectivity index is 2.44. The Kier molecular flexibility index (Phi) is 2.25. The molecule has 1 aliphatic heterocycles. The summed E-state index contributed by atoms with van der Waals surface area (Å²) < 4.78 is 5.91. The van der Waals surface area contributed by atoms with Crippen LogP contribution in [0.5, 0.6) is 5.75 Å². The van der Waals surface area contributed by atoms with Crippen molar-refractivity contribution < 1.29 is 4.74 Å². The average molecular weight is 206 g/mol. The van der Waals surface area contributed by atoms with Gasteiger partial charge in [-0.05, 0) is 32.9 Å². The van der Waals surface area contributed by atoms with Crippen molar-refractivity contribution in [1.29, 1.82) is 0 Å². The molecule has 0 atom stereocenters. The minimum absolute atomic E-state index is 0.142. The van der Waals surface area contributed by atoms with Crippen LogP contribution in [-0.2, 0) is 0 Å². The highest BCUT2D eigenvalue weighted by Crippen LogP contribution is 2.37. The molecule has 0 saturated carbocycles. The van der Waals surface area contributed by atoms with Crippen LogP contribution in [0.3, 0.4) is 0 Å². The molecule has 0 unspecified atom stereocenters. The van der Waals surface area contributed by atoms with Crippen molar-refractivity contribution in [2.45, 2.75) is 26.4 Å². The van der Waals surface area contributed by atoms with E-state index in [1.807, 2.05) is 18.2 Å². The Morgan fingerprint density at radius 1 is 1.47 bits per heavy atom. The number of rotatable bonds is 1. The summed E-state index contributed by atoms with van der Waals surface area (Å²) in [7, 11) is 0.